The van der Waals surface area contributed by atoms with Crippen molar-refractivity contribution in [1.82, 2.24) is 10.8 Å². The van der Waals surface area contributed by atoms with Crippen molar-refractivity contribution in [1.29, 1.82) is 0 Å². The normalized spacial score (nSPS) is 11.2. The van der Waals surface area contributed by atoms with Gasteiger partial charge in [-0.05, 0) is 36.1 Å². The van der Waals surface area contributed by atoms with Gasteiger partial charge in [0.1, 0.15) is 12.6 Å². The topological polar surface area (TPSA) is 154 Å². The number of alkyl carbamates (subject to hydrolysis) is 1. The van der Waals surface area contributed by atoms with Crippen molar-refractivity contribution in [3.63, 3.8) is 0 Å². The van der Waals surface area contributed by atoms with Gasteiger partial charge in [-0.15, -0.1) is 0 Å². The summed E-state index contributed by atoms with van der Waals surface area (Å²) in [6.45, 7) is -0.0887. The minimum atomic E-state index is -1.16. The Balaban J connectivity index is 1.73. The number of ether oxygens (including phenoxy) is 1. The number of nitrogens with one attached hydrogen (secondary N) is 3. The summed E-state index contributed by atoms with van der Waals surface area (Å²) in [6, 6.07) is 14.7. The number of carboxylic acids is 1. The molecule has 0 spiro atoms. The van der Waals surface area contributed by atoms with Gasteiger partial charge in [-0.3, -0.25) is 14.8 Å². The second-order valence-electron chi connectivity index (χ2n) is 8.00. The summed E-state index contributed by atoms with van der Waals surface area (Å²) in [7, 11) is 0. The van der Waals surface area contributed by atoms with Crippen molar-refractivity contribution in [2.75, 3.05) is 5.32 Å². The molecule has 0 saturated heterocycles. The van der Waals surface area contributed by atoms with E-state index in [1.807, 2.05) is 6.07 Å². The van der Waals surface area contributed by atoms with Crippen LogP contribution in [0.3, 0.4) is 0 Å². The van der Waals surface area contributed by atoms with Gasteiger partial charge in [0.2, 0.25) is 11.8 Å². The van der Waals surface area contributed by atoms with E-state index in [-0.39, 0.29) is 25.4 Å². The number of carbonyl (C=O) groups excluding carboxylic acids is 3. The van der Waals surface area contributed by atoms with Crippen LogP contribution in [0.1, 0.15) is 49.7 Å². The fraction of sp³-hybridized carbons (Fsp3) is 0.360. The summed E-state index contributed by atoms with van der Waals surface area (Å²) in [5.41, 5.74) is 3.55. The lowest BCUT2D eigenvalue weighted by atomic mass is 10.1. The quantitative estimate of drug-likeness (QED) is 0.156. The lowest BCUT2D eigenvalue weighted by Gasteiger charge is -2.15. The van der Waals surface area contributed by atoms with E-state index >= 15 is 0 Å². The van der Waals surface area contributed by atoms with Gasteiger partial charge < -0.3 is 20.5 Å². The highest BCUT2D eigenvalue weighted by atomic mass is 16.5. The maximum atomic E-state index is 12.2. The molecule has 0 heterocycles. The summed E-state index contributed by atoms with van der Waals surface area (Å²) in [4.78, 5) is 46.7. The van der Waals surface area contributed by atoms with Crippen LogP contribution in [0.2, 0.25) is 0 Å². The molecule has 0 aliphatic rings. The standard InChI is InChI=1S/C25H31N3O7/c29-22(13-6-1-2-7-14-23(30)28-34)26-20-12-8-11-19(15-20)17-35-25(33)27-21(24(31)32)16-18-9-4-3-5-10-18/h3-5,8-12,15,21,34H,1-2,6-7,13-14,16-17H2,(H,26,29)(H,27,33)(H,28,30)(H,31,32). The van der Waals surface area contributed by atoms with E-state index in [0.717, 1.165) is 18.4 Å². The molecule has 2 aromatic rings. The van der Waals surface area contributed by atoms with Crippen LogP contribution in [0.15, 0.2) is 54.6 Å². The van der Waals surface area contributed by atoms with Crippen molar-refractivity contribution in [2.24, 2.45) is 0 Å². The van der Waals surface area contributed by atoms with E-state index in [1.54, 1.807) is 54.0 Å². The van der Waals surface area contributed by atoms with E-state index in [9.17, 15) is 24.3 Å². The average Bonchev–Trinajstić information content (AvgIpc) is 2.85. The predicted octanol–water partition coefficient (Wildman–Crippen LogP) is 3.39. The Morgan fingerprint density at radius 3 is 2.14 bits per heavy atom. The minimum Gasteiger partial charge on any atom is -0.480 e. The zero-order valence-corrected chi connectivity index (χ0v) is 19.4. The Bertz CT molecular complexity index is 982. The Morgan fingerprint density at radius 2 is 1.49 bits per heavy atom. The third-order valence-electron chi connectivity index (χ3n) is 5.14. The first kappa shape index (κ1) is 27.3. The number of amides is 3. The molecular formula is C25H31N3O7. The molecule has 0 aliphatic carbocycles. The van der Waals surface area contributed by atoms with Crippen molar-refractivity contribution in [2.45, 2.75) is 57.6 Å². The molecule has 188 valence electrons. The molecule has 10 nitrogen and oxygen atoms in total. The van der Waals surface area contributed by atoms with E-state index < -0.39 is 24.0 Å². The molecular weight excluding hydrogens is 454 g/mol. The fourth-order valence-electron chi connectivity index (χ4n) is 3.33. The fourth-order valence-corrected chi connectivity index (χ4v) is 3.33. The van der Waals surface area contributed by atoms with Crippen LogP contribution in [0.25, 0.3) is 0 Å². The maximum Gasteiger partial charge on any atom is 0.408 e. The van der Waals surface area contributed by atoms with Gasteiger partial charge in [-0.25, -0.2) is 15.1 Å². The highest BCUT2D eigenvalue weighted by Crippen LogP contribution is 2.13. The summed E-state index contributed by atoms with van der Waals surface area (Å²) < 4.78 is 5.16. The first-order valence-electron chi connectivity index (χ1n) is 11.4. The molecule has 35 heavy (non-hydrogen) atoms. The number of carboxylic acid groups (broad SMARTS) is 1. The molecule has 0 radical (unpaired) electrons. The van der Waals surface area contributed by atoms with E-state index in [0.29, 0.717) is 30.5 Å². The van der Waals surface area contributed by atoms with Crippen LogP contribution < -0.4 is 16.1 Å². The molecule has 1 atom stereocenters. The van der Waals surface area contributed by atoms with E-state index in [1.165, 1.54) is 0 Å². The zero-order valence-electron chi connectivity index (χ0n) is 19.4. The predicted molar refractivity (Wildman–Crippen MR) is 128 cm³/mol. The SMILES string of the molecule is O=C(CCCCCCC(=O)Nc1cccc(COC(=O)NC(Cc2ccccc2)C(=O)O)c1)NO. The molecule has 0 aromatic heterocycles. The molecule has 0 fully saturated rings. The number of hydrogen-bond acceptors (Lipinski definition) is 6. The maximum absolute atomic E-state index is 12.2. The number of anilines is 1. The molecule has 10 heteroatoms. The molecule has 1 unspecified atom stereocenters. The summed E-state index contributed by atoms with van der Waals surface area (Å²) in [6.07, 6.45) is 2.74. The smallest absolute Gasteiger partial charge is 0.408 e. The molecule has 3 amide bonds. The van der Waals surface area contributed by atoms with E-state index in [4.69, 9.17) is 9.94 Å². The third kappa shape index (κ3) is 11.2. The lowest BCUT2D eigenvalue weighted by molar-refractivity contribution is -0.139. The van der Waals surface area contributed by atoms with Crippen molar-refractivity contribution < 1.29 is 34.2 Å². The van der Waals surface area contributed by atoms with Crippen molar-refractivity contribution in [3.8, 4) is 0 Å². The van der Waals surface area contributed by atoms with Crippen LogP contribution in [-0.4, -0.2) is 40.2 Å². The Kier molecular flexibility index (Phi) is 11.8. The van der Waals surface area contributed by atoms with Crippen molar-refractivity contribution >= 4 is 29.6 Å². The second-order valence-corrected chi connectivity index (χ2v) is 8.00. The monoisotopic (exact) mass is 485 g/mol. The summed E-state index contributed by atoms with van der Waals surface area (Å²) in [5.74, 6) is -1.73. The molecule has 2 aromatic carbocycles. The number of unbranched alkanes of at least 4 members (excludes halogenated alkanes) is 3. The summed E-state index contributed by atoms with van der Waals surface area (Å²) in [5, 5.41) is 23.0. The van der Waals surface area contributed by atoms with Crippen LogP contribution in [0.4, 0.5) is 10.5 Å². The molecule has 5 N–H and O–H groups in total. The second kappa shape index (κ2) is 15.1. The number of hydrogen-bond donors (Lipinski definition) is 5. The average molecular weight is 486 g/mol. The highest BCUT2D eigenvalue weighted by Gasteiger charge is 2.21. The highest BCUT2D eigenvalue weighted by molar-refractivity contribution is 5.90. The van der Waals surface area contributed by atoms with Gasteiger partial charge in [0, 0.05) is 24.9 Å². The number of rotatable bonds is 14. The van der Waals surface area contributed by atoms with E-state index in [2.05, 4.69) is 10.6 Å². The van der Waals surface area contributed by atoms with Gasteiger partial charge in [0.25, 0.3) is 0 Å². The van der Waals surface area contributed by atoms with Crippen LogP contribution >= 0.6 is 0 Å². The van der Waals surface area contributed by atoms with Gasteiger partial charge in [-0.2, -0.15) is 0 Å². The Morgan fingerprint density at radius 1 is 0.829 bits per heavy atom. The Labute approximate surface area is 203 Å². The largest absolute Gasteiger partial charge is 0.480 e. The molecule has 2 rings (SSSR count). The molecule has 0 bridgehead atoms. The van der Waals surface area contributed by atoms with Crippen LogP contribution in [0, 0.1) is 0 Å². The van der Waals surface area contributed by atoms with Gasteiger partial charge >= 0.3 is 12.1 Å². The molecule has 0 saturated carbocycles. The molecule has 0 aliphatic heterocycles. The summed E-state index contributed by atoms with van der Waals surface area (Å²) >= 11 is 0. The van der Waals surface area contributed by atoms with Crippen LogP contribution in [0.5, 0.6) is 0 Å². The van der Waals surface area contributed by atoms with Gasteiger partial charge in [0.15, 0.2) is 0 Å². The van der Waals surface area contributed by atoms with Gasteiger partial charge in [0.05, 0.1) is 0 Å². The number of hydroxylamine groups is 1. The lowest BCUT2D eigenvalue weighted by Crippen LogP contribution is -2.42. The minimum absolute atomic E-state index is 0.0887. The third-order valence-corrected chi connectivity index (χ3v) is 5.14. The van der Waals surface area contributed by atoms with Crippen LogP contribution in [-0.2, 0) is 32.1 Å². The van der Waals surface area contributed by atoms with Crippen molar-refractivity contribution in [3.05, 3.63) is 65.7 Å². The number of benzene rings is 2. The van der Waals surface area contributed by atoms with Gasteiger partial charge in [-0.1, -0.05) is 55.3 Å². The first-order valence-corrected chi connectivity index (χ1v) is 11.4. The Hall–Kier alpha value is -3.92. The first-order chi connectivity index (χ1) is 16.9. The number of aliphatic carboxylic acids is 1. The zero-order chi connectivity index (χ0) is 25.5. The number of carbonyl (C=O) groups is 4.